The first kappa shape index (κ1) is 28.7. The fraction of sp³-hybridized carbons (Fsp3) is 0. The van der Waals surface area contributed by atoms with Gasteiger partial charge in [-0.25, -0.2) is 0 Å². The maximum atomic E-state index is 8.59. The summed E-state index contributed by atoms with van der Waals surface area (Å²) in [6, 6.07) is 68.4. The smallest absolute Gasteiger partial charge is 0.0629 e. The van der Waals surface area contributed by atoms with Gasteiger partial charge < -0.3 is 9.47 Å². The molecule has 10 aromatic carbocycles. The van der Waals surface area contributed by atoms with Crippen molar-refractivity contribution in [1.29, 1.82) is 0 Å². The Morgan fingerprint density at radius 1 is 0.362 bits per heavy atom. The van der Waals surface area contributed by atoms with E-state index >= 15 is 0 Å². The summed E-state index contributed by atoms with van der Waals surface area (Å²) < 4.78 is 44.2. The number of para-hydroxylation sites is 1. The van der Waals surface area contributed by atoms with Gasteiger partial charge in [-0.3, -0.25) is 0 Å². The van der Waals surface area contributed by atoms with Crippen LogP contribution in [0, 0.1) is 0 Å². The van der Waals surface area contributed by atoms with Crippen LogP contribution in [0.4, 0.5) is 17.1 Å². The maximum Gasteiger partial charge on any atom is 0.0629 e. The van der Waals surface area contributed by atoms with Crippen LogP contribution in [0.15, 0.2) is 230 Å². The number of aromatic nitrogens is 1. The first-order valence-electron chi connectivity index (χ1n) is 22.0. The number of nitrogens with zero attached hydrogens (tertiary/aromatic N) is 2. The number of rotatable bonds is 7. The van der Waals surface area contributed by atoms with Crippen LogP contribution in [0.3, 0.4) is 0 Å². The van der Waals surface area contributed by atoms with E-state index < -0.39 is 6.04 Å². The lowest BCUT2D eigenvalue weighted by atomic mass is 9.98. The summed E-state index contributed by atoms with van der Waals surface area (Å²) in [6.45, 7) is 0. The SMILES string of the molecule is [2H]c1c([2H])c([2H])c(-c2ccc(N(c3ccc(-c4ccc5c6ccc7ccccc7c6n(-c6ccccc6)c5c4)cc3)c3ccc(-c4cccc5ccccc45)cc3)cc2)c([2H])c1[2H]. The minimum absolute atomic E-state index is 0.180. The lowest BCUT2D eigenvalue weighted by Crippen LogP contribution is -2.09. The summed E-state index contributed by atoms with van der Waals surface area (Å²) in [5.41, 5.74) is 11.4. The summed E-state index contributed by atoms with van der Waals surface area (Å²) in [6.07, 6.45) is 0. The molecule has 0 saturated heterocycles. The van der Waals surface area contributed by atoms with Gasteiger partial charge in [-0.1, -0.05) is 176 Å². The highest BCUT2D eigenvalue weighted by Gasteiger charge is 2.18. The van der Waals surface area contributed by atoms with Gasteiger partial charge >= 0.3 is 0 Å². The van der Waals surface area contributed by atoms with E-state index in [2.05, 4.69) is 185 Å². The number of fused-ring (bicyclic) bond motifs is 6. The van der Waals surface area contributed by atoms with E-state index in [0.29, 0.717) is 5.56 Å². The number of hydrogen-bond donors (Lipinski definition) is 0. The Labute approximate surface area is 345 Å². The zero-order chi connectivity index (χ0) is 42.8. The Balaban J connectivity index is 1.02. The van der Waals surface area contributed by atoms with Gasteiger partial charge in [-0.05, 0) is 104 Å². The summed E-state index contributed by atoms with van der Waals surface area (Å²) in [7, 11) is 0. The molecule has 11 aromatic rings. The van der Waals surface area contributed by atoms with Gasteiger partial charge in [0.05, 0.1) is 17.9 Å². The molecule has 2 nitrogen and oxygen atoms in total. The van der Waals surface area contributed by atoms with Crippen LogP contribution < -0.4 is 4.90 Å². The van der Waals surface area contributed by atoms with Gasteiger partial charge in [0.15, 0.2) is 0 Å². The van der Waals surface area contributed by atoms with Crippen LogP contribution in [-0.2, 0) is 0 Å². The Morgan fingerprint density at radius 2 is 0.897 bits per heavy atom. The van der Waals surface area contributed by atoms with Crippen molar-refractivity contribution in [3.05, 3.63) is 230 Å². The van der Waals surface area contributed by atoms with E-state index in [1.807, 2.05) is 24.3 Å². The van der Waals surface area contributed by atoms with Crippen molar-refractivity contribution in [1.82, 2.24) is 4.57 Å². The maximum absolute atomic E-state index is 8.59. The first-order chi connectivity index (χ1) is 30.8. The molecule has 0 aliphatic carbocycles. The molecule has 0 bridgehead atoms. The molecule has 0 saturated carbocycles. The minimum atomic E-state index is -0.404. The van der Waals surface area contributed by atoms with E-state index in [9.17, 15) is 0 Å². The molecule has 0 atom stereocenters. The van der Waals surface area contributed by atoms with Gasteiger partial charge in [-0.15, -0.1) is 0 Å². The molecule has 1 aromatic heterocycles. The minimum Gasteiger partial charge on any atom is -0.311 e. The second-order valence-electron chi connectivity index (χ2n) is 14.6. The van der Waals surface area contributed by atoms with E-state index in [4.69, 9.17) is 6.85 Å². The van der Waals surface area contributed by atoms with Gasteiger partial charge in [0, 0.05) is 38.9 Å². The molecular formula is C56H38N2. The zero-order valence-corrected chi connectivity index (χ0v) is 31.4. The molecule has 1 heterocycles. The molecule has 0 N–H and O–H groups in total. The van der Waals surface area contributed by atoms with Crippen molar-refractivity contribution >= 4 is 60.4 Å². The van der Waals surface area contributed by atoms with Crippen LogP contribution in [0.25, 0.3) is 82.4 Å². The largest absolute Gasteiger partial charge is 0.311 e. The molecule has 0 aliphatic heterocycles. The van der Waals surface area contributed by atoms with Crippen molar-refractivity contribution < 1.29 is 6.85 Å². The molecule has 2 heteroatoms. The molecule has 272 valence electrons. The third-order valence-electron chi connectivity index (χ3n) is 11.3. The average Bonchev–Trinajstić information content (AvgIpc) is 3.68. The fourth-order valence-electron chi connectivity index (χ4n) is 8.49. The third-order valence-corrected chi connectivity index (χ3v) is 11.3. The third kappa shape index (κ3) is 5.82. The number of hydrogen-bond acceptors (Lipinski definition) is 1. The van der Waals surface area contributed by atoms with E-state index in [-0.39, 0.29) is 29.7 Å². The average molecular weight is 744 g/mol. The zero-order valence-electron chi connectivity index (χ0n) is 36.4. The molecule has 0 radical (unpaired) electrons. The van der Waals surface area contributed by atoms with Gasteiger partial charge in [0.2, 0.25) is 0 Å². The summed E-state index contributed by atoms with van der Waals surface area (Å²) in [4.78, 5) is 2.18. The highest BCUT2D eigenvalue weighted by atomic mass is 15.1. The molecule has 0 unspecified atom stereocenters. The van der Waals surface area contributed by atoms with Gasteiger partial charge in [0.25, 0.3) is 0 Å². The summed E-state index contributed by atoms with van der Waals surface area (Å²) in [5.74, 6) is 0. The summed E-state index contributed by atoms with van der Waals surface area (Å²) in [5, 5.41) is 7.22. The number of benzene rings is 10. The first-order valence-corrected chi connectivity index (χ1v) is 19.5. The Morgan fingerprint density at radius 3 is 1.59 bits per heavy atom. The lowest BCUT2D eigenvalue weighted by molar-refractivity contribution is 1.19. The fourth-order valence-corrected chi connectivity index (χ4v) is 8.49. The van der Waals surface area contributed by atoms with Crippen molar-refractivity contribution in [3.8, 4) is 39.1 Å². The van der Waals surface area contributed by atoms with Crippen molar-refractivity contribution in [2.24, 2.45) is 0 Å². The highest BCUT2D eigenvalue weighted by molar-refractivity contribution is 6.19. The highest BCUT2D eigenvalue weighted by Crippen LogP contribution is 2.41. The van der Waals surface area contributed by atoms with Crippen LogP contribution in [0.5, 0.6) is 0 Å². The lowest BCUT2D eigenvalue weighted by Gasteiger charge is -2.26. The van der Waals surface area contributed by atoms with Gasteiger partial charge in [-0.2, -0.15) is 0 Å². The van der Waals surface area contributed by atoms with Crippen molar-refractivity contribution in [2.45, 2.75) is 0 Å². The Hall–Kier alpha value is -7.68. The molecular weight excluding hydrogens is 701 g/mol. The summed E-state index contributed by atoms with van der Waals surface area (Å²) >= 11 is 0. The van der Waals surface area contributed by atoms with Crippen molar-refractivity contribution in [2.75, 3.05) is 4.90 Å². The quantitative estimate of drug-likeness (QED) is 0.158. The molecule has 0 aliphatic rings. The van der Waals surface area contributed by atoms with E-state index in [1.54, 1.807) is 0 Å². The van der Waals surface area contributed by atoms with E-state index in [1.165, 1.54) is 37.8 Å². The second-order valence-corrected chi connectivity index (χ2v) is 14.6. The van der Waals surface area contributed by atoms with Crippen LogP contribution in [0.1, 0.15) is 6.85 Å². The standard InChI is InChI=1S/C56H38N2/c1-3-12-39(13-4-1)40-22-30-47(31-23-40)57(49-34-26-44(27-35-49)51-21-11-16-42-14-7-9-19-50(42)51)48-32-24-41(25-33-48)45-29-36-53-54-37-28-43-15-8-10-20-52(43)56(54)58(55(53)38-45)46-17-5-2-6-18-46/h1-38H/i1D,3D,4D,12D,13D. The van der Waals surface area contributed by atoms with Crippen molar-refractivity contribution in [3.63, 3.8) is 0 Å². The predicted octanol–water partition coefficient (Wildman–Crippen LogP) is 15.6. The van der Waals surface area contributed by atoms with Crippen LogP contribution >= 0.6 is 0 Å². The number of anilines is 3. The Kier molecular flexibility index (Phi) is 6.98. The second kappa shape index (κ2) is 14.1. The Bertz CT molecular complexity index is 3510. The predicted molar refractivity (Wildman–Crippen MR) is 247 cm³/mol. The molecule has 11 rings (SSSR count). The van der Waals surface area contributed by atoms with Crippen LogP contribution in [0.2, 0.25) is 0 Å². The monoisotopic (exact) mass is 743 g/mol. The molecule has 0 fully saturated rings. The topological polar surface area (TPSA) is 8.17 Å². The molecule has 0 spiro atoms. The van der Waals surface area contributed by atoms with Crippen LogP contribution in [-0.4, -0.2) is 4.57 Å². The van der Waals surface area contributed by atoms with Gasteiger partial charge in [0.1, 0.15) is 0 Å². The van der Waals surface area contributed by atoms with E-state index in [0.717, 1.165) is 50.5 Å². The molecule has 0 amide bonds. The molecule has 58 heavy (non-hydrogen) atoms. The normalized spacial score (nSPS) is 12.7.